The summed E-state index contributed by atoms with van der Waals surface area (Å²) in [5, 5.41) is 4.63. The summed E-state index contributed by atoms with van der Waals surface area (Å²) < 4.78 is 2.03. The molecule has 1 saturated carbocycles. The zero-order chi connectivity index (χ0) is 23.1. The Kier molecular flexibility index (Phi) is 5.16. The fourth-order valence-electron chi connectivity index (χ4n) is 4.62. The quantitative estimate of drug-likeness (QED) is 0.733. The molecule has 1 aromatic carbocycles. The first-order valence-electron chi connectivity index (χ1n) is 11.8. The Hall–Kier alpha value is -3.88. The molecule has 0 spiro atoms. The second-order valence-corrected chi connectivity index (χ2v) is 9.16. The molecule has 2 fully saturated rings. The zero-order valence-electron chi connectivity index (χ0n) is 18.9. The van der Waals surface area contributed by atoms with Gasteiger partial charge in [-0.2, -0.15) is 10.1 Å². The molecule has 4 heterocycles. The van der Waals surface area contributed by atoms with Gasteiger partial charge in [0, 0.05) is 36.3 Å². The second-order valence-electron chi connectivity index (χ2n) is 9.16. The van der Waals surface area contributed by atoms with Gasteiger partial charge in [-0.25, -0.2) is 5.48 Å². The summed E-state index contributed by atoms with van der Waals surface area (Å²) in [7, 11) is 0. The first kappa shape index (κ1) is 20.7. The van der Waals surface area contributed by atoms with E-state index in [0.717, 1.165) is 55.5 Å². The molecular weight excluding hydrogens is 430 g/mol. The van der Waals surface area contributed by atoms with E-state index in [9.17, 15) is 4.79 Å². The number of likely N-dealkylation sites (tertiary alicyclic amines) is 1. The molecule has 0 atom stereocenters. The van der Waals surface area contributed by atoms with Crippen LogP contribution in [0.3, 0.4) is 0 Å². The molecule has 3 aliphatic heterocycles. The van der Waals surface area contributed by atoms with Gasteiger partial charge in [-0.1, -0.05) is 30.3 Å². The molecule has 1 aliphatic carbocycles. The normalized spacial score (nSPS) is 23.1. The predicted molar refractivity (Wildman–Crippen MR) is 128 cm³/mol. The van der Waals surface area contributed by atoms with Gasteiger partial charge in [0.05, 0.1) is 24.4 Å². The SMILES string of the molecule is NC1=NCC(c2cnn(C3CCN(C(=O)C4CC4)CC3)c2)=CC1=C1N=C(c2ccccc2)NO1. The summed E-state index contributed by atoms with van der Waals surface area (Å²) in [6, 6.07) is 10.1. The molecule has 0 radical (unpaired) electrons. The molecule has 0 unspecified atom stereocenters. The maximum atomic E-state index is 12.3. The van der Waals surface area contributed by atoms with Crippen LogP contribution in [0.15, 0.2) is 70.2 Å². The van der Waals surface area contributed by atoms with E-state index < -0.39 is 0 Å². The number of nitrogens with two attached hydrogens (primary N) is 1. The van der Waals surface area contributed by atoms with Gasteiger partial charge in [-0.3, -0.25) is 14.5 Å². The molecule has 1 amide bonds. The van der Waals surface area contributed by atoms with Gasteiger partial charge in [-0.15, -0.1) is 0 Å². The van der Waals surface area contributed by atoms with Gasteiger partial charge < -0.3 is 15.5 Å². The van der Waals surface area contributed by atoms with Crippen LogP contribution in [0.2, 0.25) is 0 Å². The summed E-state index contributed by atoms with van der Waals surface area (Å²) in [4.78, 5) is 29.1. The largest absolute Gasteiger partial charge is 0.383 e. The minimum Gasteiger partial charge on any atom is -0.383 e. The molecule has 3 N–H and O–H groups in total. The highest BCUT2D eigenvalue weighted by atomic mass is 16.7. The van der Waals surface area contributed by atoms with E-state index in [1.165, 1.54) is 0 Å². The van der Waals surface area contributed by atoms with E-state index >= 15 is 0 Å². The van der Waals surface area contributed by atoms with Crippen LogP contribution in [-0.4, -0.2) is 51.9 Å². The van der Waals surface area contributed by atoms with Crippen LogP contribution in [0.25, 0.3) is 5.57 Å². The molecule has 1 aromatic heterocycles. The van der Waals surface area contributed by atoms with Crippen molar-refractivity contribution in [2.45, 2.75) is 31.7 Å². The first-order chi connectivity index (χ1) is 16.7. The molecule has 34 heavy (non-hydrogen) atoms. The lowest BCUT2D eigenvalue weighted by atomic mass is 10.0. The van der Waals surface area contributed by atoms with Gasteiger partial charge in [0.25, 0.3) is 5.88 Å². The van der Waals surface area contributed by atoms with Crippen LogP contribution in [0, 0.1) is 5.92 Å². The van der Waals surface area contributed by atoms with Crippen molar-refractivity contribution in [1.82, 2.24) is 20.2 Å². The number of hydrogen-bond acceptors (Lipinski definition) is 7. The van der Waals surface area contributed by atoms with Crippen molar-refractivity contribution in [2.24, 2.45) is 21.6 Å². The maximum absolute atomic E-state index is 12.3. The summed E-state index contributed by atoms with van der Waals surface area (Å²) in [6.45, 7) is 2.09. The Morgan fingerprint density at radius 2 is 1.88 bits per heavy atom. The van der Waals surface area contributed by atoms with E-state index in [1.807, 2.05) is 52.2 Å². The molecule has 9 nitrogen and oxygen atoms in total. The molecule has 4 aliphatic rings. The fraction of sp³-hybridized carbons (Fsp3) is 0.360. The van der Waals surface area contributed by atoms with E-state index in [1.54, 1.807) is 0 Å². The number of nitrogens with zero attached hydrogens (tertiary/aromatic N) is 5. The number of aliphatic imine (C=N–C) groups is 2. The van der Waals surface area contributed by atoms with E-state index in [2.05, 4.69) is 26.8 Å². The van der Waals surface area contributed by atoms with Crippen molar-refractivity contribution in [3.05, 3.63) is 71.4 Å². The Morgan fingerprint density at radius 1 is 1.09 bits per heavy atom. The summed E-state index contributed by atoms with van der Waals surface area (Å²) in [5.41, 5.74) is 12.7. The number of piperidine rings is 1. The third-order valence-electron chi connectivity index (χ3n) is 6.80. The fourth-order valence-corrected chi connectivity index (χ4v) is 4.62. The number of hydrogen-bond donors (Lipinski definition) is 2. The van der Waals surface area contributed by atoms with Gasteiger partial charge in [0.15, 0.2) is 5.84 Å². The molecule has 2 aromatic rings. The topological polar surface area (TPSA) is 110 Å². The number of amidine groups is 2. The average Bonchev–Trinajstić information content (AvgIpc) is 3.40. The highest BCUT2D eigenvalue weighted by Gasteiger charge is 2.35. The molecule has 174 valence electrons. The van der Waals surface area contributed by atoms with E-state index in [4.69, 9.17) is 10.6 Å². The number of benzene rings is 1. The summed E-state index contributed by atoms with van der Waals surface area (Å²) >= 11 is 0. The zero-order valence-corrected chi connectivity index (χ0v) is 18.9. The second kappa shape index (κ2) is 8.48. The minimum absolute atomic E-state index is 0.287. The highest BCUT2D eigenvalue weighted by molar-refractivity contribution is 6.05. The number of carbonyl (C=O) groups is 1. The lowest BCUT2D eigenvalue weighted by Gasteiger charge is -2.32. The van der Waals surface area contributed by atoms with Gasteiger partial charge in [0.1, 0.15) is 5.84 Å². The maximum Gasteiger partial charge on any atom is 0.258 e. The number of aromatic nitrogens is 2. The molecule has 6 rings (SSSR count). The number of hydroxylamine groups is 1. The Balaban J connectivity index is 1.19. The summed E-state index contributed by atoms with van der Waals surface area (Å²) in [6.07, 6.45) is 9.89. The lowest BCUT2D eigenvalue weighted by Crippen LogP contribution is -2.39. The highest BCUT2D eigenvalue weighted by Crippen LogP contribution is 2.33. The Morgan fingerprint density at radius 3 is 2.65 bits per heavy atom. The minimum atomic E-state index is 0.287. The van der Waals surface area contributed by atoms with Crippen LogP contribution in [0.1, 0.15) is 42.9 Å². The third-order valence-corrected chi connectivity index (χ3v) is 6.80. The molecular formula is C25H27N7O2. The lowest BCUT2D eigenvalue weighted by molar-refractivity contribution is -0.133. The number of dihydropyridines is 1. The van der Waals surface area contributed by atoms with Gasteiger partial charge in [0.2, 0.25) is 5.91 Å². The van der Waals surface area contributed by atoms with E-state index in [0.29, 0.717) is 41.6 Å². The number of nitrogens with one attached hydrogen (secondary N) is 1. The first-order valence-corrected chi connectivity index (χ1v) is 11.8. The summed E-state index contributed by atoms with van der Waals surface area (Å²) in [5.74, 6) is 2.06. The molecule has 9 heteroatoms. The number of rotatable bonds is 4. The molecule has 1 saturated heterocycles. The van der Waals surface area contributed by atoms with Crippen LogP contribution in [0.4, 0.5) is 0 Å². The van der Waals surface area contributed by atoms with Crippen molar-refractivity contribution >= 4 is 23.2 Å². The van der Waals surface area contributed by atoms with Crippen LogP contribution < -0.4 is 11.2 Å². The van der Waals surface area contributed by atoms with Crippen LogP contribution >= 0.6 is 0 Å². The smallest absolute Gasteiger partial charge is 0.258 e. The third kappa shape index (κ3) is 3.98. The van der Waals surface area contributed by atoms with Gasteiger partial charge in [-0.05, 0) is 37.3 Å². The standard InChI is InChI=1S/C25H27N7O2/c26-22-21(24-29-23(30-34-24)16-4-2-1-3-5-16)12-18(13-27-22)19-14-28-32(15-19)20-8-10-31(11-9-20)25(33)17-6-7-17/h1-5,12,14-15,17,20H,6-11,13H2,(H2,26,27)(H,29,30). The van der Waals surface area contributed by atoms with E-state index in [-0.39, 0.29) is 5.92 Å². The van der Waals surface area contributed by atoms with Gasteiger partial charge >= 0.3 is 0 Å². The van der Waals surface area contributed by atoms with Crippen LogP contribution in [0.5, 0.6) is 0 Å². The van der Waals surface area contributed by atoms with Crippen LogP contribution in [-0.2, 0) is 9.63 Å². The average molecular weight is 458 g/mol. The Bertz CT molecular complexity index is 1230. The van der Waals surface area contributed by atoms with Crippen molar-refractivity contribution in [3.63, 3.8) is 0 Å². The number of carbonyl (C=O) groups excluding carboxylic acids is 1. The number of amides is 1. The van der Waals surface area contributed by atoms with Crippen molar-refractivity contribution in [2.75, 3.05) is 19.6 Å². The monoisotopic (exact) mass is 457 g/mol. The Labute approximate surface area is 197 Å². The predicted octanol–water partition coefficient (Wildman–Crippen LogP) is 2.40. The van der Waals surface area contributed by atoms with Crippen molar-refractivity contribution in [3.8, 4) is 0 Å². The molecule has 0 bridgehead atoms. The van der Waals surface area contributed by atoms with Crippen molar-refractivity contribution in [1.29, 1.82) is 0 Å². The van der Waals surface area contributed by atoms with Crippen molar-refractivity contribution < 1.29 is 9.63 Å².